The zero-order valence-electron chi connectivity index (χ0n) is 11.0. The van der Waals surface area contributed by atoms with Crippen LogP contribution in [0.25, 0.3) is 0 Å². The predicted octanol–water partition coefficient (Wildman–Crippen LogP) is 2.39. The van der Waals surface area contributed by atoms with E-state index in [0.717, 1.165) is 0 Å². The van der Waals surface area contributed by atoms with Crippen LogP contribution in [0, 0.1) is 0 Å². The number of Topliss-reactive ketones (excluding diaryl/α,β-unsaturated/α-hetero) is 1. The van der Waals surface area contributed by atoms with E-state index in [-0.39, 0.29) is 18.2 Å². The molecule has 0 N–H and O–H groups in total. The monoisotopic (exact) mass is 250 g/mol. The summed E-state index contributed by atoms with van der Waals surface area (Å²) in [5, 5.41) is 0. The van der Waals surface area contributed by atoms with Crippen LogP contribution >= 0.6 is 0 Å². The molecule has 18 heavy (non-hydrogen) atoms. The SMILES string of the molecule is CCOC(=O)Cc1cc(C(C)=O)ccc1OCC. The smallest absolute Gasteiger partial charge is 0.310 e. The summed E-state index contributed by atoms with van der Waals surface area (Å²) in [4.78, 5) is 22.8. The zero-order valence-corrected chi connectivity index (χ0v) is 11.0. The van der Waals surface area contributed by atoms with Crippen molar-refractivity contribution in [1.82, 2.24) is 0 Å². The number of hydrogen-bond donors (Lipinski definition) is 0. The van der Waals surface area contributed by atoms with Crippen molar-refractivity contribution in [3.05, 3.63) is 29.3 Å². The Balaban J connectivity index is 2.99. The Hall–Kier alpha value is -1.84. The third-order valence-corrected chi connectivity index (χ3v) is 2.41. The first-order valence-electron chi connectivity index (χ1n) is 6.00. The van der Waals surface area contributed by atoms with E-state index in [1.807, 2.05) is 6.92 Å². The molecule has 0 aromatic heterocycles. The second-order valence-corrected chi connectivity index (χ2v) is 3.79. The van der Waals surface area contributed by atoms with E-state index >= 15 is 0 Å². The summed E-state index contributed by atoms with van der Waals surface area (Å²) in [6, 6.07) is 5.10. The van der Waals surface area contributed by atoms with Crippen molar-refractivity contribution in [1.29, 1.82) is 0 Å². The summed E-state index contributed by atoms with van der Waals surface area (Å²) in [6.45, 7) is 5.97. The van der Waals surface area contributed by atoms with Crippen LogP contribution in [0.3, 0.4) is 0 Å². The van der Waals surface area contributed by atoms with Crippen LogP contribution in [-0.2, 0) is 16.0 Å². The van der Waals surface area contributed by atoms with Crippen LogP contribution in [-0.4, -0.2) is 25.0 Å². The fraction of sp³-hybridized carbons (Fsp3) is 0.429. The van der Waals surface area contributed by atoms with Crippen molar-refractivity contribution in [2.75, 3.05) is 13.2 Å². The minimum Gasteiger partial charge on any atom is -0.494 e. The molecular formula is C14H18O4. The second-order valence-electron chi connectivity index (χ2n) is 3.79. The first-order chi connectivity index (χ1) is 8.58. The Morgan fingerprint density at radius 3 is 2.44 bits per heavy atom. The average molecular weight is 250 g/mol. The van der Waals surface area contributed by atoms with Gasteiger partial charge in [0.25, 0.3) is 0 Å². The Bertz CT molecular complexity index is 437. The molecule has 0 heterocycles. The molecule has 0 aliphatic heterocycles. The fourth-order valence-electron chi connectivity index (χ4n) is 1.60. The number of benzene rings is 1. The number of esters is 1. The van der Waals surface area contributed by atoms with Gasteiger partial charge in [-0.15, -0.1) is 0 Å². The van der Waals surface area contributed by atoms with Gasteiger partial charge in [0.2, 0.25) is 0 Å². The highest BCUT2D eigenvalue weighted by Gasteiger charge is 2.12. The number of carbonyl (C=O) groups excluding carboxylic acids is 2. The van der Waals surface area contributed by atoms with Crippen molar-refractivity contribution in [3.63, 3.8) is 0 Å². The van der Waals surface area contributed by atoms with Crippen molar-refractivity contribution in [2.24, 2.45) is 0 Å². The van der Waals surface area contributed by atoms with Crippen LogP contribution in [0.2, 0.25) is 0 Å². The number of ether oxygens (including phenoxy) is 2. The highest BCUT2D eigenvalue weighted by molar-refractivity contribution is 5.94. The minimum absolute atomic E-state index is 0.0387. The van der Waals surface area contributed by atoms with E-state index in [1.165, 1.54) is 6.92 Å². The number of hydrogen-bond acceptors (Lipinski definition) is 4. The average Bonchev–Trinajstić information content (AvgIpc) is 2.31. The highest BCUT2D eigenvalue weighted by atomic mass is 16.5. The van der Waals surface area contributed by atoms with Crippen LogP contribution in [0.4, 0.5) is 0 Å². The van der Waals surface area contributed by atoms with Crippen molar-refractivity contribution in [3.8, 4) is 5.75 Å². The van der Waals surface area contributed by atoms with Gasteiger partial charge >= 0.3 is 5.97 Å². The van der Waals surface area contributed by atoms with Gasteiger partial charge in [-0.05, 0) is 39.0 Å². The van der Waals surface area contributed by atoms with Crippen molar-refractivity contribution in [2.45, 2.75) is 27.2 Å². The van der Waals surface area contributed by atoms with Gasteiger partial charge in [-0.1, -0.05) is 0 Å². The van der Waals surface area contributed by atoms with Crippen LogP contribution < -0.4 is 4.74 Å². The van der Waals surface area contributed by atoms with E-state index in [4.69, 9.17) is 9.47 Å². The third-order valence-electron chi connectivity index (χ3n) is 2.41. The zero-order chi connectivity index (χ0) is 13.5. The quantitative estimate of drug-likeness (QED) is 0.574. The molecule has 0 amide bonds. The normalized spacial score (nSPS) is 9.94. The topological polar surface area (TPSA) is 52.6 Å². The lowest BCUT2D eigenvalue weighted by atomic mass is 10.0. The molecule has 4 nitrogen and oxygen atoms in total. The Morgan fingerprint density at radius 1 is 1.17 bits per heavy atom. The molecule has 0 aliphatic carbocycles. The summed E-state index contributed by atoms with van der Waals surface area (Å²) in [6.07, 6.45) is 0.115. The molecule has 4 heteroatoms. The summed E-state index contributed by atoms with van der Waals surface area (Å²) in [7, 11) is 0. The van der Waals surface area contributed by atoms with Gasteiger partial charge in [-0.25, -0.2) is 0 Å². The van der Waals surface area contributed by atoms with Gasteiger partial charge in [0.1, 0.15) is 5.75 Å². The number of rotatable bonds is 6. The molecule has 1 aromatic carbocycles. The Labute approximate surface area is 107 Å². The van der Waals surface area contributed by atoms with Gasteiger partial charge in [0.15, 0.2) is 5.78 Å². The molecule has 98 valence electrons. The molecule has 0 saturated carbocycles. The number of carbonyl (C=O) groups is 2. The Morgan fingerprint density at radius 2 is 1.89 bits per heavy atom. The molecular weight excluding hydrogens is 232 g/mol. The molecule has 0 spiro atoms. The molecule has 1 aromatic rings. The summed E-state index contributed by atoms with van der Waals surface area (Å²) in [5.41, 5.74) is 1.25. The maximum absolute atomic E-state index is 11.5. The lowest BCUT2D eigenvalue weighted by molar-refractivity contribution is -0.142. The summed E-state index contributed by atoms with van der Waals surface area (Å²) in [5.74, 6) is 0.262. The second kappa shape index (κ2) is 6.79. The van der Waals surface area contributed by atoms with Gasteiger partial charge < -0.3 is 9.47 Å². The standard InChI is InChI=1S/C14H18O4/c1-4-17-13-7-6-11(10(3)15)8-12(13)9-14(16)18-5-2/h6-8H,4-5,9H2,1-3H3. The Kier molecular flexibility index (Phi) is 5.36. The van der Waals surface area contributed by atoms with E-state index in [2.05, 4.69) is 0 Å². The van der Waals surface area contributed by atoms with Crippen LogP contribution in [0.15, 0.2) is 18.2 Å². The van der Waals surface area contributed by atoms with Crippen LogP contribution in [0.1, 0.15) is 36.7 Å². The van der Waals surface area contributed by atoms with Gasteiger partial charge in [-0.2, -0.15) is 0 Å². The van der Waals surface area contributed by atoms with E-state index in [9.17, 15) is 9.59 Å². The first-order valence-corrected chi connectivity index (χ1v) is 6.00. The molecule has 0 aliphatic rings. The highest BCUT2D eigenvalue weighted by Crippen LogP contribution is 2.21. The van der Waals surface area contributed by atoms with Crippen molar-refractivity contribution >= 4 is 11.8 Å². The molecule has 0 radical (unpaired) electrons. The van der Waals surface area contributed by atoms with Gasteiger partial charge in [0.05, 0.1) is 19.6 Å². The van der Waals surface area contributed by atoms with Crippen molar-refractivity contribution < 1.29 is 19.1 Å². The molecule has 0 atom stereocenters. The molecule has 0 fully saturated rings. The molecule has 0 unspecified atom stereocenters. The third kappa shape index (κ3) is 3.87. The molecule has 0 saturated heterocycles. The minimum atomic E-state index is -0.320. The largest absolute Gasteiger partial charge is 0.494 e. The van der Waals surface area contributed by atoms with Gasteiger partial charge in [-0.3, -0.25) is 9.59 Å². The molecule has 0 bridgehead atoms. The molecule has 1 rings (SSSR count). The fourth-order valence-corrected chi connectivity index (χ4v) is 1.60. The predicted molar refractivity (Wildman–Crippen MR) is 68.0 cm³/mol. The van der Waals surface area contributed by atoms with Gasteiger partial charge in [0, 0.05) is 11.1 Å². The lowest BCUT2D eigenvalue weighted by Gasteiger charge is -2.11. The maximum Gasteiger partial charge on any atom is 0.310 e. The lowest BCUT2D eigenvalue weighted by Crippen LogP contribution is -2.10. The van der Waals surface area contributed by atoms with Crippen LogP contribution in [0.5, 0.6) is 5.75 Å². The maximum atomic E-state index is 11.5. The summed E-state index contributed by atoms with van der Waals surface area (Å²) < 4.78 is 10.3. The van der Waals surface area contributed by atoms with E-state index < -0.39 is 0 Å². The number of ketones is 1. The first kappa shape index (κ1) is 14.2. The summed E-state index contributed by atoms with van der Waals surface area (Å²) >= 11 is 0. The van der Waals surface area contributed by atoms with E-state index in [1.54, 1.807) is 25.1 Å². The van der Waals surface area contributed by atoms with E-state index in [0.29, 0.717) is 30.1 Å².